The molecule has 0 bridgehead atoms. The monoisotopic (exact) mass is 143 g/mol. The number of hydrogen-bond donors (Lipinski definition) is 1. The van der Waals surface area contributed by atoms with Gasteiger partial charge >= 0.3 is 0 Å². The summed E-state index contributed by atoms with van der Waals surface area (Å²) in [6.07, 6.45) is 3.13. The molecule has 0 aromatic carbocycles. The number of rotatable bonds is 2. The van der Waals surface area contributed by atoms with Crippen LogP contribution in [-0.4, -0.2) is 17.5 Å². The fourth-order valence-electron chi connectivity index (χ4n) is 1.05. The molecule has 1 rings (SSSR count). The van der Waals surface area contributed by atoms with Crippen LogP contribution in [0.25, 0.3) is 0 Å². The molecule has 9 heavy (non-hydrogen) atoms. The molecule has 0 aromatic heterocycles. The molecule has 1 fully saturated rings. The molecule has 0 amide bonds. The third-order valence-corrected chi connectivity index (χ3v) is 2.97. The van der Waals surface area contributed by atoms with E-state index in [-0.39, 0.29) is 6.04 Å². The Labute approximate surface area is 60.7 Å². The summed E-state index contributed by atoms with van der Waals surface area (Å²) < 4.78 is 0. The van der Waals surface area contributed by atoms with E-state index in [1.54, 1.807) is 0 Å². The summed E-state index contributed by atoms with van der Waals surface area (Å²) in [6.45, 7) is 3.67. The summed E-state index contributed by atoms with van der Waals surface area (Å²) in [4.78, 5) is 0. The molecule has 1 saturated heterocycles. The standard InChI is InChI=1S/C7H13NS/c1-2-7(8)6-3-4-9-5-6/h2,6-7H,1,3-5,8H2. The summed E-state index contributed by atoms with van der Waals surface area (Å²) >= 11 is 2.00. The first-order valence-corrected chi connectivity index (χ1v) is 4.46. The van der Waals surface area contributed by atoms with E-state index in [0.29, 0.717) is 5.92 Å². The van der Waals surface area contributed by atoms with Crippen LogP contribution in [0.1, 0.15) is 6.42 Å². The lowest BCUT2D eigenvalue weighted by Crippen LogP contribution is -2.27. The number of nitrogens with two attached hydrogens (primary N) is 1. The summed E-state index contributed by atoms with van der Waals surface area (Å²) in [5.74, 6) is 3.21. The van der Waals surface area contributed by atoms with E-state index in [1.165, 1.54) is 17.9 Å². The second kappa shape index (κ2) is 3.28. The minimum atomic E-state index is 0.236. The second-order valence-corrected chi connectivity index (χ2v) is 3.59. The molecule has 1 aliphatic rings. The van der Waals surface area contributed by atoms with Gasteiger partial charge in [-0.15, -0.1) is 6.58 Å². The summed E-state index contributed by atoms with van der Waals surface area (Å²) in [5.41, 5.74) is 5.75. The smallest absolute Gasteiger partial charge is 0.0258 e. The van der Waals surface area contributed by atoms with Gasteiger partial charge in [-0.1, -0.05) is 6.08 Å². The van der Waals surface area contributed by atoms with Gasteiger partial charge in [0.15, 0.2) is 0 Å². The van der Waals surface area contributed by atoms with E-state index >= 15 is 0 Å². The molecule has 1 aliphatic heterocycles. The average Bonchev–Trinajstić information content (AvgIpc) is 2.37. The van der Waals surface area contributed by atoms with Gasteiger partial charge in [0, 0.05) is 6.04 Å². The van der Waals surface area contributed by atoms with Crippen LogP contribution in [0, 0.1) is 5.92 Å². The van der Waals surface area contributed by atoms with Gasteiger partial charge in [0.25, 0.3) is 0 Å². The Morgan fingerprint density at radius 3 is 3.00 bits per heavy atom. The number of thioether (sulfide) groups is 1. The molecule has 0 aliphatic carbocycles. The molecule has 0 radical (unpaired) electrons. The fraction of sp³-hybridized carbons (Fsp3) is 0.714. The first kappa shape index (κ1) is 7.16. The van der Waals surface area contributed by atoms with Crippen LogP contribution in [0.4, 0.5) is 0 Å². The maximum absolute atomic E-state index is 5.75. The Hall–Kier alpha value is 0.0500. The highest BCUT2D eigenvalue weighted by atomic mass is 32.2. The molecular formula is C7H13NS. The first-order valence-electron chi connectivity index (χ1n) is 3.30. The van der Waals surface area contributed by atoms with Crippen molar-refractivity contribution in [1.29, 1.82) is 0 Å². The van der Waals surface area contributed by atoms with E-state index in [1.807, 2.05) is 17.8 Å². The molecule has 1 heterocycles. The lowest BCUT2D eigenvalue weighted by Gasteiger charge is -2.12. The van der Waals surface area contributed by atoms with E-state index in [4.69, 9.17) is 5.73 Å². The zero-order valence-electron chi connectivity index (χ0n) is 5.55. The normalized spacial score (nSPS) is 30.1. The summed E-state index contributed by atoms with van der Waals surface area (Å²) in [6, 6.07) is 0.236. The van der Waals surface area contributed by atoms with E-state index in [2.05, 4.69) is 6.58 Å². The van der Waals surface area contributed by atoms with Crippen LogP contribution in [0.3, 0.4) is 0 Å². The predicted molar refractivity (Wildman–Crippen MR) is 43.6 cm³/mol. The van der Waals surface area contributed by atoms with Gasteiger partial charge in [-0.2, -0.15) is 11.8 Å². The molecule has 2 N–H and O–H groups in total. The van der Waals surface area contributed by atoms with Crippen LogP contribution in [0.15, 0.2) is 12.7 Å². The van der Waals surface area contributed by atoms with Crippen molar-refractivity contribution in [3.05, 3.63) is 12.7 Å². The highest BCUT2D eigenvalue weighted by Crippen LogP contribution is 2.25. The molecule has 2 atom stereocenters. The lowest BCUT2D eigenvalue weighted by atomic mass is 10.0. The van der Waals surface area contributed by atoms with Crippen molar-refractivity contribution in [3.8, 4) is 0 Å². The Morgan fingerprint density at radius 1 is 1.78 bits per heavy atom. The van der Waals surface area contributed by atoms with Crippen molar-refractivity contribution in [2.75, 3.05) is 11.5 Å². The summed E-state index contributed by atoms with van der Waals surface area (Å²) in [5, 5.41) is 0. The van der Waals surface area contributed by atoms with Gasteiger partial charge in [-0.25, -0.2) is 0 Å². The molecule has 2 heteroatoms. The van der Waals surface area contributed by atoms with Crippen molar-refractivity contribution in [1.82, 2.24) is 0 Å². The third kappa shape index (κ3) is 1.73. The van der Waals surface area contributed by atoms with Crippen molar-refractivity contribution >= 4 is 11.8 Å². The maximum Gasteiger partial charge on any atom is 0.0258 e. The Bertz CT molecular complexity index is 97.1. The molecule has 0 spiro atoms. The van der Waals surface area contributed by atoms with Crippen molar-refractivity contribution in [2.24, 2.45) is 11.7 Å². The van der Waals surface area contributed by atoms with Gasteiger partial charge in [0.05, 0.1) is 0 Å². The molecule has 52 valence electrons. The van der Waals surface area contributed by atoms with Crippen molar-refractivity contribution < 1.29 is 0 Å². The van der Waals surface area contributed by atoms with Gasteiger partial charge in [-0.05, 0) is 23.8 Å². The van der Waals surface area contributed by atoms with Crippen LogP contribution in [0.5, 0.6) is 0 Å². The topological polar surface area (TPSA) is 26.0 Å². The van der Waals surface area contributed by atoms with Gasteiger partial charge in [0.1, 0.15) is 0 Å². The SMILES string of the molecule is C=CC(N)C1CCSC1. The highest BCUT2D eigenvalue weighted by molar-refractivity contribution is 7.99. The Balaban J connectivity index is 2.32. The largest absolute Gasteiger partial charge is 0.324 e. The molecule has 2 unspecified atom stereocenters. The highest BCUT2D eigenvalue weighted by Gasteiger charge is 2.19. The van der Waals surface area contributed by atoms with Gasteiger partial charge in [-0.3, -0.25) is 0 Å². The molecule has 0 aromatic rings. The van der Waals surface area contributed by atoms with E-state index in [0.717, 1.165) is 0 Å². The Morgan fingerprint density at radius 2 is 2.56 bits per heavy atom. The third-order valence-electron chi connectivity index (χ3n) is 1.78. The minimum absolute atomic E-state index is 0.236. The second-order valence-electron chi connectivity index (χ2n) is 2.44. The maximum atomic E-state index is 5.75. The average molecular weight is 143 g/mol. The number of hydrogen-bond acceptors (Lipinski definition) is 2. The van der Waals surface area contributed by atoms with Crippen molar-refractivity contribution in [3.63, 3.8) is 0 Å². The van der Waals surface area contributed by atoms with Crippen LogP contribution >= 0.6 is 11.8 Å². The first-order chi connectivity index (χ1) is 4.34. The van der Waals surface area contributed by atoms with Crippen molar-refractivity contribution in [2.45, 2.75) is 12.5 Å². The van der Waals surface area contributed by atoms with Crippen LogP contribution in [-0.2, 0) is 0 Å². The zero-order chi connectivity index (χ0) is 6.69. The predicted octanol–water partition coefficient (Wildman–Crippen LogP) is 1.25. The quantitative estimate of drug-likeness (QED) is 0.589. The van der Waals surface area contributed by atoms with E-state index < -0.39 is 0 Å². The molecule has 1 nitrogen and oxygen atoms in total. The zero-order valence-corrected chi connectivity index (χ0v) is 6.36. The molecular weight excluding hydrogens is 130 g/mol. The Kier molecular flexibility index (Phi) is 2.61. The van der Waals surface area contributed by atoms with Crippen LogP contribution < -0.4 is 5.73 Å². The minimum Gasteiger partial charge on any atom is -0.324 e. The molecule has 0 saturated carbocycles. The van der Waals surface area contributed by atoms with Crippen LogP contribution in [0.2, 0.25) is 0 Å². The summed E-state index contributed by atoms with van der Waals surface area (Å²) in [7, 11) is 0. The van der Waals surface area contributed by atoms with Gasteiger partial charge in [0.2, 0.25) is 0 Å². The fourth-order valence-corrected chi connectivity index (χ4v) is 2.38. The van der Waals surface area contributed by atoms with Gasteiger partial charge < -0.3 is 5.73 Å². The lowest BCUT2D eigenvalue weighted by molar-refractivity contribution is 0.533. The van der Waals surface area contributed by atoms with E-state index in [9.17, 15) is 0 Å².